The number of carbonyl (C=O) groups is 1. The first-order chi connectivity index (χ1) is 5.95. The van der Waals surface area contributed by atoms with Crippen LogP contribution in [0.4, 0.5) is 8.78 Å². The molecule has 4 heteroatoms. The van der Waals surface area contributed by atoms with Gasteiger partial charge in [0, 0.05) is 12.8 Å². The van der Waals surface area contributed by atoms with E-state index in [0.29, 0.717) is 12.8 Å². The van der Waals surface area contributed by atoms with E-state index < -0.39 is 29.6 Å². The summed E-state index contributed by atoms with van der Waals surface area (Å²) >= 11 is 0. The molecule has 0 aliphatic heterocycles. The highest BCUT2D eigenvalue weighted by Gasteiger charge is 2.60. The number of alkyl halides is 2. The van der Waals surface area contributed by atoms with Crippen molar-refractivity contribution in [2.75, 3.05) is 0 Å². The number of rotatable bonds is 1. The van der Waals surface area contributed by atoms with Gasteiger partial charge in [0.1, 0.15) is 0 Å². The van der Waals surface area contributed by atoms with Gasteiger partial charge in [0.05, 0.1) is 5.92 Å². The molecule has 0 heterocycles. The third-order valence-corrected chi connectivity index (χ3v) is 3.50. The second-order valence-corrected chi connectivity index (χ2v) is 4.34. The number of hydrogen-bond acceptors (Lipinski definition) is 1. The predicted octanol–water partition coefficient (Wildman–Crippen LogP) is 2.29. The Morgan fingerprint density at radius 1 is 1.38 bits per heavy atom. The van der Waals surface area contributed by atoms with E-state index in [0.717, 1.165) is 6.42 Å². The minimum absolute atomic E-state index is 0.211. The van der Waals surface area contributed by atoms with Gasteiger partial charge in [-0.3, -0.25) is 4.79 Å². The molecular formula is C9H12F2O2. The maximum absolute atomic E-state index is 13.0. The van der Waals surface area contributed by atoms with Crippen molar-refractivity contribution in [3.05, 3.63) is 0 Å². The molecule has 1 spiro atoms. The molecule has 2 saturated carbocycles. The quantitative estimate of drug-likeness (QED) is 0.688. The van der Waals surface area contributed by atoms with Crippen LogP contribution < -0.4 is 0 Å². The molecule has 2 nitrogen and oxygen atoms in total. The smallest absolute Gasteiger partial charge is 0.307 e. The minimum atomic E-state index is -2.75. The Hall–Kier alpha value is -0.670. The molecule has 0 aromatic heterocycles. The molecule has 74 valence electrons. The molecular weight excluding hydrogens is 178 g/mol. The lowest BCUT2D eigenvalue weighted by Gasteiger charge is -2.41. The number of halogens is 2. The van der Waals surface area contributed by atoms with Gasteiger partial charge in [-0.25, -0.2) is 8.78 Å². The summed E-state index contributed by atoms with van der Waals surface area (Å²) in [6, 6.07) is 0. The summed E-state index contributed by atoms with van der Waals surface area (Å²) in [5.74, 6) is -4.60. The van der Waals surface area contributed by atoms with Crippen LogP contribution in [0.1, 0.15) is 32.1 Å². The third kappa shape index (κ3) is 1.23. The molecule has 0 radical (unpaired) electrons. The minimum Gasteiger partial charge on any atom is -0.481 e. The van der Waals surface area contributed by atoms with Gasteiger partial charge in [-0.2, -0.15) is 0 Å². The van der Waals surface area contributed by atoms with Gasteiger partial charge in [-0.05, 0) is 18.3 Å². The fourth-order valence-corrected chi connectivity index (χ4v) is 2.73. The molecule has 1 N–H and O–H groups in total. The van der Waals surface area contributed by atoms with Crippen LogP contribution >= 0.6 is 0 Å². The monoisotopic (exact) mass is 190 g/mol. The van der Waals surface area contributed by atoms with Crippen molar-refractivity contribution in [1.82, 2.24) is 0 Å². The van der Waals surface area contributed by atoms with E-state index in [1.165, 1.54) is 0 Å². The Balaban J connectivity index is 2.22. The van der Waals surface area contributed by atoms with Crippen molar-refractivity contribution in [2.45, 2.75) is 38.0 Å². The number of aliphatic carboxylic acids is 1. The maximum atomic E-state index is 13.0. The van der Waals surface area contributed by atoms with Crippen LogP contribution in [0.15, 0.2) is 0 Å². The molecule has 2 fully saturated rings. The summed E-state index contributed by atoms with van der Waals surface area (Å²) in [5.41, 5.74) is -0.560. The van der Waals surface area contributed by atoms with Gasteiger partial charge >= 0.3 is 5.97 Å². The fourth-order valence-electron chi connectivity index (χ4n) is 2.73. The van der Waals surface area contributed by atoms with E-state index in [-0.39, 0.29) is 6.42 Å². The van der Waals surface area contributed by atoms with Crippen LogP contribution in [0.25, 0.3) is 0 Å². The van der Waals surface area contributed by atoms with E-state index in [2.05, 4.69) is 0 Å². The summed E-state index contributed by atoms with van der Waals surface area (Å²) in [5, 5.41) is 8.81. The maximum Gasteiger partial charge on any atom is 0.307 e. The Labute approximate surface area is 74.9 Å². The van der Waals surface area contributed by atoms with Crippen molar-refractivity contribution in [3.8, 4) is 0 Å². The Morgan fingerprint density at radius 3 is 2.31 bits per heavy atom. The van der Waals surface area contributed by atoms with E-state index in [9.17, 15) is 13.6 Å². The molecule has 0 amide bonds. The lowest BCUT2D eigenvalue weighted by molar-refractivity contribution is -0.148. The standard InChI is InChI=1S/C9H12F2O2/c10-9(11)4-6(7(12)13)8(5-9)2-1-3-8/h6H,1-5H2,(H,12,13). The predicted molar refractivity (Wildman–Crippen MR) is 41.6 cm³/mol. The van der Waals surface area contributed by atoms with Gasteiger partial charge in [0.2, 0.25) is 5.92 Å². The lowest BCUT2D eigenvalue weighted by Crippen LogP contribution is -2.37. The topological polar surface area (TPSA) is 37.3 Å². The molecule has 0 aromatic carbocycles. The molecule has 0 saturated heterocycles. The first-order valence-electron chi connectivity index (χ1n) is 4.56. The molecule has 13 heavy (non-hydrogen) atoms. The van der Waals surface area contributed by atoms with Crippen molar-refractivity contribution >= 4 is 5.97 Å². The second kappa shape index (κ2) is 2.42. The zero-order valence-electron chi connectivity index (χ0n) is 7.22. The number of carboxylic acid groups (broad SMARTS) is 1. The van der Waals surface area contributed by atoms with Crippen molar-refractivity contribution in [3.63, 3.8) is 0 Å². The van der Waals surface area contributed by atoms with E-state index in [1.54, 1.807) is 0 Å². The number of carboxylic acids is 1. The lowest BCUT2D eigenvalue weighted by atomic mass is 9.62. The largest absolute Gasteiger partial charge is 0.481 e. The van der Waals surface area contributed by atoms with Gasteiger partial charge < -0.3 is 5.11 Å². The first-order valence-corrected chi connectivity index (χ1v) is 4.56. The molecule has 1 atom stereocenters. The van der Waals surface area contributed by atoms with Crippen LogP contribution in [0.2, 0.25) is 0 Å². The van der Waals surface area contributed by atoms with Crippen molar-refractivity contribution in [2.24, 2.45) is 11.3 Å². The average Bonchev–Trinajstić information content (AvgIpc) is 2.20. The number of hydrogen-bond donors (Lipinski definition) is 1. The van der Waals surface area contributed by atoms with E-state index in [1.807, 2.05) is 0 Å². The highest BCUT2D eigenvalue weighted by Crippen LogP contribution is 2.61. The summed E-state index contributed by atoms with van der Waals surface area (Å²) in [4.78, 5) is 10.8. The molecule has 0 bridgehead atoms. The van der Waals surface area contributed by atoms with Gasteiger partial charge in [-0.15, -0.1) is 0 Å². The SMILES string of the molecule is O=C(O)C1CC(F)(F)CC12CCC2. The highest BCUT2D eigenvalue weighted by atomic mass is 19.3. The van der Waals surface area contributed by atoms with Gasteiger partial charge in [0.15, 0.2) is 0 Å². The third-order valence-electron chi connectivity index (χ3n) is 3.50. The molecule has 2 aliphatic carbocycles. The highest BCUT2D eigenvalue weighted by molar-refractivity contribution is 5.72. The normalized spacial score (nSPS) is 34.5. The van der Waals surface area contributed by atoms with E-state index in [4.69, 9.17) is 5.11 Å². The van der Waals surface area contributed by atoms with Crippen LogP contribution in [-0.2, 0) is 4.79 Å². The Bertz CT molecular complexity index is 246. The van der Waals surface area contributed by atoms with Crippen LogP contribution in [0, 0.1) is 11.3 Å². The fraction of sp³-hybridized carbons (Fsp3) is 0.889. The van der Waals surface area contributed by atoms with E-state index >= 15 is 0 Å². The molecule has 1 unspecified atom stereocenters. The summed E-state index contributed by atoms with van der Waals surface area (Å²) < 4.78 is 26.0. The Kier molecular flexibility index (Phi) is 1.66. The average molecular weight is 190 g/mol. The van der Waals surface area contributed by atoms with Crippen LogP contribution in [0.5, 0.6) is 0 Å². The van der Waals surface area contributed by atoms with Crippen LogP contribution in [0.3, 0.4) is 0 Å². The van der Waals surface area contributed by atoms with Gasteiger partial charge in [0.25, 0.3) is 0 Å². The Morgan fingerprint density at radius 2 is 2.00 bits per heavy atom. The summed E-state index contributed by atoms with van der Waals surface area (Å²) in [7, 11) is 0. The first kappa shape index (κ1) is 8.91. The summed E-state index contributed by atoms with van der Waals surface area (Å²) in [6.45, 7) is 0. The van der Waals surface area contributed by atoms with Crippen molar-refractivity contribution < 1.29 is 18.7 Å². The second-order valence-electron chi connectivity index (χ2n) is 4.34. The van der Waals surface area contributed by atoms with Crippen LogP contribution in [-0.4, -0.2) is 17.0 Å². The molecule has 2 rings (SSSR count). The zero-order valence-corrected chi connectivity index (χ0v) is 7.22. The summed E-state index contributed by atoms with van der Waals surface area (Å²) in [6.07, 6.45) is 1.57. The molecule has 0 aromatic rings. The van der Waals surface area contributed by atoms with Gasteiger partial charge in [-0.1, -0.05) is 6.42 Å². The van der Waals surface area contributed by atoms with Crippen molar-refractivity contribution in [1.29, 1.82) is 0 Å². The molecule has 2 aliphatic rings. The zero-order chi connectivity index (χ0) is 9.69.